The maximum absolute atomic E-state index is 5.96. The van der Waals surface area contributed by atoms with Crippen LogP contribution in [0.4, 0.5) is 0 Å². The Hall–Kier alpha value is -0.886. The summed E-state index contributed by atoms with van der Waals surface area (Å²) in [5, 5.41) is 1.36. The molecule has 0 spiro atoms. The molecule has 2 rings (SSSR count). The number of hydrogen-bond acceptors (Lipinski definition) is 2. The molecular weight excluding hydrogens is 328 g/mol. The van der Waals surface area contributed by atoms with Gasteiger partial charge in [0, 0.05) is 26.3 Å². The second kappa shape index (κ2) is 8.00. The van der Waals surface area contributed by atoms with Gasteiger partial charge in [0.05, 0.1) is 5.52 Å². The minimum atomic E-state index is -1.19. The van der Waals surface area contributed by atoms with E-state index < -0.39 is 16.3 Å². The number of nitrogens with zero attached hydrogens (tertiary/aromatic N) is 1. The van der Waals surface area contributed by atoms with E-state index >= 15 is 0 Å². The second-order valence-electron chi connectivity index (χ2n) is 8.92. The predicted octanol–water partition coefficient (Wildman–Crippen LogP) is 4.92. The number of para-hydroxylation sites is 1. The van der Waals surface area contributed by atoms with E-state index in [-0.39, 0.29) is 0 Å². The summed E-state index contributed by atoms with van der Waals surface area (Å²) in [4.78, 5) is 3.72. The molecular formula is C19H34N2OSi2. The molecule has 2 aromatic rings. The van der Waals surface area contributed by atoms with Crippen LogP contribution in [0.1, 0.15) is 5.56 Å². The fourth-order valence-corrected chi connectivity index (χ4v) is 4.37. The van der Waals surface area contributed by atoms with E-state index in [4.69, 9.17) is 4.74 Å². The van der Waals surface area contributed by atoms with E-state index in [1.54, 1.807) is 0 Å². The number of hydrogen-bond donors (Lipinski definition) is 1. The summed E-state index contributed by atoms with van der Waals surface area (Å²) in [7, 11) is -2.21. The van der Waals surface area contributed by atoms with Crippen LogP contribution >= 0.6 is 0 Å². The van der Waals surface area contributed by atoms with Crippen LogP contribution in [-0.4, -0.2) is 34.0 Å². The van der Waals surface area contributed by atoms with Crippen molar-refractivity contribution in [3.8, 4) is 0 Å². The first-order valence-corrected chi connectivity index (χ1v) is 16.3. The van der Waals surface area contributed by atoms with Gasteiger partial charge in [-0.25, -0.2) is 0 Å². The van der Waals surface area contributed by atoms with Gasteiger partial charge in [-0.15, -0.1) is 0 Å². The monoisotopic (exact) mass is 362 g/mol. The van der Waals surface area contributed by atoms with E-state index in [1.807, 2.05) is 0 Å². The number of fused-ring (bicyclic) bond motifs is 1. The molecule has 134 valence electrons. The van der Waals surface area contributed by atoms with Crippen LogP contribution in [0.3, 0.4) is 0 Å². The molecule has 0 radical (unpaired) electrons. The van der Waals surface area contributed by atoms with Gasteiger partial charge in [0.1, 0.15) is 15.0 Å². The van der Waals surface area contributed by atoms with Crippen LogP contribution in [0.15, 0.2) is 30.5 Å². The van der Waals surface area contributed by atoms with E-state index in [9.17, 15) is 0 Å². The van der Waals surface area contributed by atoms with Gasteiger partial charge in [0.25, 0.3) is 0 Å². The number of benzene rings is 1. The van der Waals surface area contributed by atoms with Crippen molar-refractivity contribution in [1.82, 2.24) is 9.55 Å². The number of nitrogens with one attached hydrogen (secondary N) is 1. The molecule has 0 amide bonds. The maximum atomic E-state index is 5.96. The lowest BCUT2D eigenvalue weighted by atomic mass is 10.1. The van der Waals surface area contributed by atoms with Crippen LogP contribution in [0.2, 0.25) is 45.3 Å². The summed E-state index contributed by atoms with van der Waals surface area (Å²) in [5.41, 5.74) is 2.71. The maximum Gasteiger partial charge on any atom is 0.122 e. The van der Waals surface area contributed by atoms with E-state index in [2.05, 4.69) is 79.3 Å². The highest BCUT2D eigenvalue weighted by molar-refractivity contribution is 6.76. The highest BCUT2D eigenvalue weighted by Crippen LogP contribution is 2.22. The standard InChI is InChI=1S/C19H34N2OSi2/c1-23(2,3)14-13-22-16-21-15-17(11-12-20-24(4,5)6)18-9-7-8-10-19(18)21/h7-10,15,20H,11-14,16H2,1-6H3. The van der Waals surface area contributed by atoms with Gasteiger partial charge in [-0.05, 0) is 30.6 Å². The first kappa shape index (κ1) is 19.4. The van der Waals surface area contributed by atoms with Crippen molar-refractivity contribution in [3.63, 3.8) is 0 Å². The first-order valence-electron chi connectivity index (χ1n) is 9.05. The zero-order chi connectivity index (χ0) is 17.8. The third kappa shape index (κ3) is 6.20. The Labute approximate surface area is 149 Å². The second-order valence-corrected chi connectivity index (χ2v) is 19.4. The minimum Gasteiger partial charge on any atom is -0.361 e. The van der Waals surface area contributed by atoms with Gasteiger partial charge < -0.3 is 14.3 Å². The van der Waals surface area contributed by atoms with Crippen molar-refractivity contribution in [1.29, 1.82) is 0 Å². The zero-order valence-electron chi connectivity index (χ0n) is 16.3. The molecule has 0 aliphatic carbocycles. The summed E-state index contributed by atoms with van der Waals surface area (Å²) in [6.07, 6.45) is 3.36. The molecule has 0 aliphatic rings. The lowest BCUT2D eigenvalue weighted by Crippen LogP contribution is -2.42. The number of aromatic nitrogens is 1. The largest absolute Gasteiger partial charge is 0.361 e. The van der Waals surface area contributed by atoms with Crippen molar-refractivity contribution in [2.75, 3.05) is 13.2 Å². The first-order chi connectivity index (χ1) is 11.2. The summed E-state index contributed by atoms with van der Waals surface area (Å²) >= 11 is 0. The molecule has 0 saturated carbocycles. The summed E-state index contributed by atoms with van der Waals surface area (Å²) in [6, 6.07) is 9.91. The van der Waals surface area contributed by atoms with Crippen LogP contribution < -0.4 is 4.98 Å². The molecule has 0 bridgehead atoms. The fraction of sp³-hybridized carbons (Fsp3) is 0.579. The highest BCUT2D eigenvalue weighted by Gasteiger charge is 2.14. The molecule has 3 nitrogen and oxygen atoms in total. The van der Waals surface area contributed by atoms with Crippen LogP contribution in [0.25, 0.3) is 10.9 Å². The molecule has 24 heavy (non-hydrogen) atoms. The summed E-state index contributed by atoms with van der Waals surface area (Å²) < 4.78 is 8.23. The third-order valence-electron chi connectivity index (χ3n) is 4.15. The Morgan fingerprint density at radius 1 is 1.04 bits per heavy atom. The molecule has 0 saturated heterocycles. The van der Waals surface area contributed by atoms with Gasteiger partial charge in [0.15, 0.2) is 0 Å². The molecule has 1 heterocycles. The van der Waals surface area contributed by atoms with Gasteiger partial charge in [-0.1, -0.05) is 57.5 Å². The predicted molar refractivity (Wildman–Crippen MR) is 111 cm³/mol. The van der Waals surface area contributed by atoms with Crippen LogP contribution in [-0.2, 0) is 17.9 Å². The number of ether oxygens (including phenoxy) is 1. The third-order valence-corrected chi connectivity index (χ3v) is 7.16. The summed E-state index contributed by atoms with van der Waals surface area (Å²) in [6.45, 7) is 16.8. The topological polar surface area (TPSA) is 26.2 Å². The normalized spacial score (nSPS) is 12.9. The average Bonchev–Trinajstić information content (AvgIpc) is 2.80. The van der Waals surface area contributed by atoms with Crippen molar-refractivity contribution < 1.29 is 4.74 Å². The van der Waals surface area contributed by atoms with Gasteiger partial charge >= 0.3 is 0 Å². The lowest BCUT2D eigenvalue weighted by molar-refractivity contribution is 0.0901. The lowest BCUT2D eigenvalue weighted by Gasteiger charge is -2.17. The quantitative estimate of drug-likeness (QED) is 0.506. The Balaban J connectivity index is 2.02. The molecule has 1 aromatic carbocycles. The van der Waals surface area contributed by atoms with E-state index in [0.717, 1.165) is 19.6 Å². The van der Waals surface area contributed by atoms with Crippen molar-refractivity contribution in [3.05, 3.63) is 36.0 Å². The van der Waals surface area contributed by atoms with Crippen LogP contribution in [0, 0.1) is 0 Å². The van der Waals surface area contributed by atoms with E-state index in [1.165, 1.54) is 22.5 Å². The smallest absolute Gasteiger partial charge is 0.122 e. The minimum absolute atomic E-state index is 0.659. The Bertz CT molecular complexity index is 653. The molecule has 0 atom stereocenters. The molecule has 1 aromatic heterocycles. The molecule has 0 aliphatic heterocycles. The average molecular weight is 363 g/mol. The molecule has 0 fully saturated rings. The van der Waals surface area contributed by atoms with Gasteiger partial charge in [-0.2, -0.15) is 0 Å². The Morgan fingerprint density at radius 2 is 1.75 bits per heavy atom. The van der Waals surface area contributed by atoms with Crippen LogP contribution in [0.5, 0.6) is 0 Å². The fourth-order valence-electron chi connectivity index (χ4n) is 2.74. The summed E-state index contributed by atoms with van der Waals surface area (Å²) in [5.74, 6) is 0. The van der Waals surface area contributed by atoms with Crippen molar-refractivity contribution in [2.24, 2.45) is 0 Å². The molecule has 5 heteroatoms. The zero-order valence-corrected chi connectivity index (χ0v) is 18.3. The van der Waals surface area contributed by atoms with Crippen molar-refractivity contribution in [2.45, 2.75) is 58.5 Å². The van der Waals surface area contributed by atoms with Gasteiger partial charge in [0.2, 0.25) is 0 Å². The van der Waals surface area contributed by atoms with E-state index in [0.29, 0.717) is 6.73 Å². The molecule has 1 N–H and O–H groups in total. The number of rotatable bonds is 9. The SMILES string of the molecule is C[Si](C)(C)CCOCn1cc(CCN[Si](C)(C)C)c2ccccc21. The highest BCUT2D eigenvalue weighted by atomic mass is 28.3. The Morgan fingerprint density at radius 3 is 2.42 bits per heavy atom. The Kier molecular flexibility index (Phi) is 6.48. The van der Waals surface area contributed by atoms with Crippen molar-refractivity contribution >= 4 is 27.2 Å². The van der Waals surface area contributed by atoms with Gasteiger partial charge in [-0.3, -0.25) is 0 Å². The molecule has 0 unspecified atom stereocenters.